The van der Waals surface area contributed by atoms with Crippen LogP contribution in [0.5, 0.6) is 17.2 Å². The van der Waals surface area contributed by atoms with Gasteiger partial charge >= 0.3 is 5.63 Å². The van der Waals surface area contributed by atoms with Crippen LogP contribution in [0.15, 0.2) is 57.1 Å². The largest absolute Gasteiger partial charge is 0.493 e. The molecule has 0 atom stereocenters. The second kappa shape index (κ2) is 8.59. The van der Waals surface area contributed by atoms with Crippen molar-refractivity contribution in [1.82, 2.24) is 4.98 Å². The third-order valence-electron chi connectivity index (χ3n) is 4.57. The van der Waals surface area contributed by atoms with Crippen LogP contribution in [0, 0.1) is 6.92 Å². The Morgan fingerprint density at radius 1 is 1.07 bits per heavy atom. The summed E-state index contributed by atoms with van der Waals surface area (Å²) in [4.78, 5) is 16.3. The van der Waals surface area contributed by atoms with Crippen molar-refractivity contribution >= 4 is 22.3 Å². The Morgan fingerprint density at radius 2 is 1.93 bits per heavy atom. The first-order valence-electron chi connectivity index (χ1n) is 9.50. The van der Waals surface area contributed by atoms with E-state index in [0.29, 0.717) is 36.0 Å². The zero-order valence-corrected chi connectivity index (χ0v) is 17.7. The third-order valence-corrected chi connectivity index (χ3v) is 5.51. The molecule has 4 rings (SSSR count). The number of fused-ring (bicyclic) bond motifs is 1. The molecule has 0 amide bonds. The highest BCUT2D eigenvalue weighted by atomic mass is 32.1. The molecule has 0 saturated heterocycles. The molecule has 2 heterocycles. The number of ether oxygens (including phenoxy) is 3. The van der Waals surface area contributed by atoms with E-state index < -0.39 is 0 Å². The number of hydrogen-bond acceptors (Lipinski definition) is 7. The number of rotatable bonds is 7. The molecule has 0 spiro atoms. The summed E-state index contributed by atoms with van der Waals surface area (Å²) < 4.78 is 22.1. The van der Waals surface area contributed by atoms with Gasteiger partial charge in [-0.3, -0.25) is 0 Å². The number of thiazole rings is 1. The molecule has 30 heavy (non-hydrogen) atoms. The monoisotopic (exact) mass is 423 g/mol. The van der Waals surface area contributed by atoms with Crippen LogP contribution in [0.3, 0.4) is 0 Å². The Hall–Kier alpha value is -3.32. The van der Waals surface area contributed by atoms with Crippen molar-refractivity contribution in [3.8, 4) is 27.8 Å². The minimum Gasteiger partial charge on any atom is -0.493 e. The zero-order valence-electron chi connectivity index (χ0n) is 16.9. The van der Waals surface area contributed by atoms with Crippen LogP contribution in [0.4, 0.5) is 0 Å². The molecule has 0 aliphatic rings. The van der Waals surface area contributed by atoms with Gasteiger partial charge in [0.25, 0.3) is 0 Å². The topological polar surface area (TPSA) is 70.8 Å². The Kier molecular flexibility index (Phi) is 5.72. The molecule has 2 aromatic heterocycles. The fourth-order valence-corrected chi connectivity index (χ4v) is 3.93. The first-order chi connectivity index (χ1) is 14.6. The van der Waals surface area contributed by atoms with Gasteiger partial charge in [0.2, 0.25) is 0 Å². The lowest BCUT2D eigenvalue weighted by Gasteiger charge is -2.10. The van der Waals surface area contributed by atoms with Crippen molar-refractivity contribution in [2.24, 2.45) is 0 Å². The molecule has 154 valence electrons. The number of benzene rings is 2. The van der Waals surface area contributed by atoms with E-state index in [2.05, 4.69) is 4.98 Å². The molecule has 7 heteroatoms. The first kappa shape index (κ1) is 20.0. The Labute approximate surface area is 177 Å². The Balaban J connectivity index is 1.50. The van der Waals surface area contributed by atoms with Crippen LogP contribution in [-0.2, 0) is 6.61 Å². The van der Waals surface area contributed by atoms with Crippen LogP contribution >= 0.6 is 11.3 Å². The van der Waals surface area contributed by atoms with Crippen LogP contribution in [0.2, 0.25) is 0 Å². The fourth-order valence-electron chi connectivity index (χ4n) is 3.13. The molecule has 0 saturated carbocycles. The SMILES string of the molecule is CCOc1ccc(-c2nc(COc3ccc4c(C)cc(=O)oc4c3)cs2)cc1OC. The van der Waals surface area contributed by atoms with Gasteiger partial charge < -0.3 is 18.6 Å². The second-order valence-electron chi connectivity index (χ2n) is 6.64. The van der Waals surface area contributed by atoms with Crippen LogP contribution in [-0.4, -0.2) is 18.7 Å². The van der Waals surface area contributed by atoms with E-state index in [1.807, 2.05) is 49.6 Å². The van der Waals surface area contributed by atoms with E-state index >= 15 is 0 Å². The van der Waals surface area contributed by atoms with Gasteiger partial charge in [-0.05, 0) is 49.7 Å². The second-order valence-corrected chi connectivity index (χ2v) is 7.50. The average molecular weight is 423 g/mol. The molecule has 0 fully saturated rings. The van der Waals surface area contributed by atoms with E-state index in [-0.39, 0.29) is 5.63 Å². The van der Waals surface area contributed by atoms with Crippen molar-refractivity contribution in [1.29, 1.82) is 0 Å². The smallest absolute Gasteiger partial charge is 0.336 e. The van der Waals surface area contributed by atoms with E-state index in [4.69, 9.17) is 18.6 Å². The van der Waals surface area contributed by atoms with Gasteiger partial charge in [0.15, 0.2) is 11.5 Å². The van der Waals surface area contributed by atoms with E-state index in [9.17, 15) is 4.79 Å². The molecule has 2 aromatic carbocycles. The number of hydrogen-bond donors (Lipinski definition) is 0. The van der Waals surface area contributed by atoms with E-state index in [1.165, 1.54) is 17.4 Å². The standard InChI is InChI=1S/C23H21NO5S/c1-4-27-19-8-5-15(10-21(19)26-3)23-24-16(13-30-23)12-28-17-6-7-18-14(2)9-22(25)29-20(18)11-17/h5-11,13H,4,12H2,1-3H3. The van der Waals surface area contributed by atoms with Gasteiger partial charge in [0.05, 0.1) is 19.4 Å². The Morgan fingerprint density at radius 3 is 2.73 bits per heavy atom. The lowest BCUT2D eigenvalue weighted by Crippen LogP contribution is -1.99. The minimum absolute atomic E-state index is 0.312. The summed E-state index contributed by atoms with van der Waals surface area (Å²) in [5, 5.41) is 3.72. The molecule has 0 bridgehead atoms. The molecule has 6 nitrogen and oxygen atoms in total. The molecule has 0 unspecified atom stereocenters. The van der Waals surface area contributed by atoms with Gasteiger partial charge in [-0.15, -0.1) is 11.3 Å². The van der Waals surface area contributed by atoms with Crippen molar-refractivity contribution in [2.75, 3.05) is 13.7 Å². The highest BCUT2D eigenvalue weighted by Crippen LogP contribution is 2.34. The molecular formula is C23H21NO5S. The highest BCUT2D eigenvalue weighted by molar-refractivity contribution is 7.13. The first-order valence-corrected chi connectivity index (χ1v) is 10.4. The summed E-state index contributed by atoms with van der Waals surface area (Å²) in [6.45, 7) is 4.70. The fraction of sp³-hybridized carbons (Fsp3) is 0.217. The highest BCUT2D eigenvalue weighted by Gasteiger charge is 2.11. The summed E-state index contributed by atoms with van der Waals surface area (Å²) in [5.41, 5.74) is 2.79. The molecule has 0 aliphatic carbocycles. The van der Waals surface area contributed by atoms with Gasteiger partial charge in [0.1, 0.15) is 22.9 Å². The lowest BCUT2D eigenvalue weighted by atomic mass is 10.1. The average Bonchev–Trinajstić information content (AvgIpc) is 3.21. The molecule has 0 aliphatic heterocycles. The van der Waals surface area contributed by atoms with Gasteiger partial charge in [-0.25, -0.2) is 9.78 Å². The number of aromatic nitrogens is 1. The van der Waals surface area contributed by atoms with Gasteiger partial charge in [-0.2, -0.15) is 0 Å². The summed E-state index contributed by atoms with van der Waals surface area (Å²) >= 11 is 1.54. The molecular weight excluding hydrogens is 402 g/mol. The quantitative estimate of drug-likeness (QED) is 0.380. The summed E-state index contributed by atoms with van der Waals surface area (Å²) in [6, 6.07) is 12.7. The Bertz CT molecular complexity index is 1240. The van der Waals surface area contributed by atoms with Crippen molar-refractivity contribution < 1.29 is 18.6 Å². The maximum absolute atomic E-state index is 11.6. The van der Waals surface area contributed by atoms with Crippen LogP contribution in [0.25, 0.3) is 21.5 Å². The number of aryl methyl sites for hydroxylation is 1. The van der Waals surface area contributed by atoms with Crippen molar-refractivity contribution in [3.05, 3.63) is 69.5 Å². The lowest BCUT2D eigenvalue weighted by molar-refractivity contribution is 0.302. The minimum atomic E-state index is -0.368. The predicted octanol–water partition coefficient (Wildman–Crippen LogP) is 5.21. The summed E-state index contributed by atoms with van der Waals surface area (Å²) in [6.07, 6.45) is 0. The number of nitrogens with zero attached hydrogens (tertiary/aromatic N) is 1. The predicted molar refractivity (Wildman–Crippen MR) is 117 cm³/mol. The van der Waals surface area contributed by atoms with Crippen molar-refractivity contribution in [3.63, 3.8) is 0 Å². The normalized spacial score (nSPS) is 10.9. The summed E-state index contributed by atoms with van der Waals surface area (Å²) in [5.74, 6) is 2.01. The van der Waals surface area contributed by atoms with E-state index in [1.54, 1.807) is 13.2 Å². The van der Waals surface area contributed by atoms with Gasteiger partial charge in [0, 0.05) is 28.5 Å². The van der Waals surface area contributed by atoms with E-state index in [0.717, 1.165) is 27.2 Å². The zero-order chi connectivity index (χ0) is 21.1. The van der Waals surface area contributed by atoms with Crippen LogP contribution < -0.4 is 19.8 Å². The van der Waals surface area contributed by atoms with Crippen molar-refractivity contribution in [2.45, 2.75) is 20.5 Å². The maximum atomic E-state index is 11.6. The summed E-state index contributed by atoms with van der Waals surface area (Å²) in [7, 11) is 1.62. The third kappa shape index (κ3) is 4.16. The number of methoxy groups -OCH3 is 1. The maximum Gasteiger partial charge on any atom is 0.336 e. The molecule has 0 N–H and O–H groups in total. The molecule has 0 radical (unpaired) electrons. The molecule has 4 aromatic rings. The van der Waals surface area contributed by atoms with Gasteiger partial charge in [-0.1, -0.05) is 0 Å². The van der Waals surface area contributed by atoms with Crippen LogP contribution in [0.1, 0.15) is 18.2 Å².